The van der Waals surface area contributed by atoms with Crippen LogP contribution in [0.5, 0.6) is 11.5 Å². The van der Waals surface area contributed by atoms with Gasteiger partial charge < -0.3 is 15.2 Å². The fourth-order valence-electron chi connectivity index (χ4n) is 1.86. The van der Waals surface area contributed by atoms with Gasteiger partial charge in [0, 0.05) is 17.8 Å². The van der Waals surface area contributed by atoms with Gasteiger partial charge in [0.05, 0.1) is 12.1 Å². The third-order valence-electron chi connectivity index (χ3n) is 2.87. The van der Waals surface area contributed by atoms with Crippen molar-refractivity contribution in [3.8, 4) is 11.5 Å². The van der Waals surface area contributed by atoms with Gasteiger partial charge in [-0.15, -0.1) is 0 Å². The average molecular weight is 278 g/mol. The molecule has 0 saturated carbocycles. The van der Waals surface area contributed by atoms with Crippen LogP contribution in [-0.2, 0) is 6.54 Å². The summed E-state index contributed by atoms with van der Waals surface area (Å²) in [5, 5.41) is 13.0. The molecule has 4 heteroatoms. The molecule has 0 atom stereocenters. The highest BCUT2D eigenvalue weighted by Gasteiger charge is 2.04. The first-order valence-corrected chi connectivity index (χ1v) is 6.34. The maximum Gasteiger partial charge on any atom is 0.134 e. The van der Waals surface area contributed by atoms with Crippen LogP contribution in [0.1, 0.15) is 11.1 Å². The molecule has 0 fully saturated rings. The molecule has 2 aromatic rings. The van der Waals surface area contributed by atoms with Gasteiger partial charge in [0.25, 0.3) is 0 Å². The van der Waals surface area contributed by atoms with Crippen LogP contribution in [0.4, 0.5) is 5.69 Å². The van der Waals surface area contributed by atoms with Crippen LogP contribution >= 0.6 is 11.6 Å². The van der Waals surface area contributed by atoms with Crippen LogP contribution < -0.4 is 10.1 Å². The van der Waals surface area contributed by atoms with Crippen LogP contribution in [0.25, 0.3) is 0 Å². The largest absolute Gasteiger partial charge is 0.506 e. The predicted octanol–water partition coefficient (Wildman–Crippen LogP) is 3.97. The minimum absolute atomic E-state index is 0.0837. The fourth-order valence-corrected chi connectivity index (χ4v) is 2.04. The highest BCUT2D eigenvalue weighted by molar-refractivity contribution is 6.32. The molecule has 2 N–H and O–H groups in total. The Morgan fingerprint density at radius 1 is 1.21 bits per heavy atom. The Hall–Kier alpha value is -1.87. The Morgan fingerprint density at radius 3 is 2.68 bits per heavy atom. The first kappa shape index (κ1) is 13.6. The van der Waals surface area contributed by atoms with Crippen LogP contribution in [0, 0.1) is 6.92 Å². The fraction of sp³-hybridized carbons (Fsp3) is 0.200. The van der Waals surface area contributed by atoms with E-state index in [0.29, 0.717) is 11.6 Å². The van der Waals surface area contributed by atoms with Crippen LogP contribution in [0.2, 0.25) is 5.02 Å². The molecule has 0 aliphatic heterocycles. The molecule has 19 heavy (non-hydrogen) atoms. The number of nitrogens with one attached hydrogen (secondary N) is 1. The monoisotopic (exact) mass is 277 g/mol. The predicted molar refractivity (Wildman–Crippen MR) is 78.2 cm³/mol. The summed E-state index contributed by atoms with van der Waals surface area (Å²) < 4.78 is 5.33. The number of aryl methyl sites for hydroxylation is 1. The number of methoxy groups -OCH3 is 1. The normalized spacial score (nSPS) is 10.3. The van der Waals surface area contributed by atoms with Crippen LogP contribution in [-0.4, -0.2) is 12.2 Å². The van der Waals surface area contributed by atoms with Gasteiger partial charge in [-0.2, -0.15) is 0 Å². The van der Waals surface area contributed by atoms with Gasteiger partial charge >= 0.3 is 0 Å². The van der Waals surface area contributed by atoms with E-state index in [0.717, 1.165) is 17.0 Å². The second-order valence-corrected chi connectivity index (χ2v) is 4.74. The zero-order chi connectivity index (χ0) is 13.8. The number of phenols is 1. The quantitative estimate of drug-likeness (QED) is 0.831. The maximum absolute atomic E-state index is 9.37. The standard InChI is InChI=1S/C15H16ClNO2/c1-10-3-6-15(19-2)11(7-10)9-17-12-4-5-14(18)13(16)8-12/h3-8,17-18H,9H2,1-2H3. The highest BCUT2D eigenvalue weighted by atomic mass is 35.5. The van der Waals surface area contributed by atoms with Crippen molar-refractivity contribution in [2.75, 3.05) is 12.4 Å². The molecule has 3 nitrogen and oxygen atoms in total. The van der Waals surface area contributed by atoms with Crippen molar-refractivity contribution in [1.29, 1.82) is 0 Å². The molecule has 0 aliphatic carbocycles. The SMILES string of the molecule is COc1ccc(C)cc1CNc1ccc(O)c(Cl)c1. The minimum atomic E-state index is 0.0837. The summed E-state index contributed by atoms with van der Waals surface area (Å²) in [5.74, 6) is 0.934. The lowest BCUT2D eigenvalue weighted by Crippen LogP contribution is -2.02. The third-order valence-corrected chi connectivity index (χ3v) is 3.17. The molecule has 0 spiro atoms. The van der Waals surface area contributed by atoms with E-state index in [9.17, 15) is 5.11 Å². The molecule has 2 rings (SSSR count). The molecule has 0 unspecified atom stereocenters. The number of aromatic hydroxyl groups is 1. The lowest BCUT2D eigenvalue weighted by molar-refractivity contribution is 0.410. The Bertz CT molecular complexity index is 584. The highest BCUT2D eigenvalue weighted by Crippen LogP contribution is 2.27. The van der Waals surface area contributed by atoms with Gasteiger partial charge in [-0.25, -0.2) is 0 Å². The molecule has 0 radical (unpaired) electrons. The van der Waals surface area contributed by atoms with Gasteiger partial charge in [-0.05, 0) is 31.2 Å². The van der Waals surface area contributed by atoms with E-state index >= 15 is 0 Å². The molecule has 0 aliphatic rings. The number of hydrogen-bond donors (Lipinski definition) is 2. The Morgan fingerprint density at radius 2 is 2.00 bits per heavy atom. The van der Waals surface area contributed by atoms with Crippen molar-refractivity contribution >= 4 is 17.3 Å². The van der Waals surface area contributed by atoms with E-state index < -0.39 is 0 Å². The summed E-state index contributed by atoms with van der Waals surface area (Å²) in [4.78, 5) is 0. The summed E-state index contributed by atoms with van der Waals surface area (Å²) >= 11 is 5.86. The Balaban J connectivity index is 2.13. The van der Waals surface area contributed by atoms with Crippen molar-refractivity contribution < 1.29 is 9.84 Å². The van der Waals surface area contributed by atoms with Gasteiger partial charge in [0.1, 0.15) is 11.5 Å². The Kier molecular flexibility index (Phi) is 4.17. The number of hydrogen-bond acceptors (Lipinski definition) is 3. The summed E-state index contributed by atoms with van der Waals surface area (Å²) in [5.41, 5.74) is 3.11. The molecular formula is C15H16ClNO2. The van der Waals surface area contributed by atoms with Crippen molar-refractivity contribution in [2.45, 2.75) is 13.5 Å². The molecule has 0 saturated heterocycles. The topological polar surface area (TPSA) is 41.5 Å². The third kappa shape index (κ3) is 3.32. The first-order chi connectivity index (χ1) is 9.10. The van der Waals surface area contributed by atoms with Crippen LogP contribution in [0.3, 0.4) is 0 Å². The van der Waals surface area contributed by atoms with E-state index in [4.69, 9.17) is 16.3 Å². The van der Waals surface area contributed by atoms with Crippen molar-refractivity contribution in [3.63, 3.8) is 0 Å². The maximum atomic E-state index is 9.37. The minimum Gasteiger partial charge on any atom is -0.506 e. The lowest BCUT2D eigenvalue weighted by atomic mass is 10.1. The number of ether oxygens (including phenoxy) is 1. The molecule has 0 aromatic heterocycles. The van der Waals surface area contributed by atoms with Gasteiger partial charge in [-0.1, -0.05) is 29.3 Å². The van der Waals surface area contributed by atoms with Gasteiger partial charge in [-0.3, -0.25) is 0 Å². The number of phenolic OH excluding ortho intramolecular Hbond substituents is 1. The number of halogens is 1. The van der Waals surface area contributed by atoms with Gasteiger partial charge in [0.15, 0.2) is 0 Å². The van der Waals surface area contributed by atoms with E-state index in [1.54, 1.807) is 25.3 Å². The molecule has 100 valence electrons. The average Bonchev–Trinajstić information content (AvgIpc) is 2.40. The number of anilines is 1. The van der Waals surface area contributed by atoms with E-state index in [1.807, 2.05) is 19.1 Å². The molecule has 2 aromatic carbocycles. The zero-order valence-corrected chi connectivity index (χ0v) is 11.7. The van der Waals surface area contributed by atoms with Crippen molar-refractivity contribution in [2.24, 2.45) is 0 Å². The molecular weight excluding hydrogens is 262 g/mol. The van der Waals surface area contributed by atoms with Crippen molar-refractivity contribution in [1.82, 2.24) is 0 Å². The Labute approximate surface area is 117 Å². The zero-order valence-electron chi connectivity index (χ0n) is 10.9. The van der Waals surface area contributed by atoms with Crippen molar-refractivity contribution in [3.05, 3.63) is 52.5 Å². The summed E-state index contributed by atoms with van der Waals surface area (Å²) in [6.45, 7) is 2.67. The number of rotatable bonds is 4. The van der Waals surface area contributed by atoms with Crippen LogP contribution in [0.15, 0.2) is 36.4 Å². The number of benzene rings is 2. The van der Waals surface area contributed by atoms with E-state index in [-0.39, 0.29) is 5.75 Å². The van der Waals surface area contributed by atoms with E-state index in [2.05, 4.69) is 11.4 Å². The summed E-state index contributed by atoms with van der Waals surface area (Å²) in [6, 6.07) is 11.1. The lowest BCUT2D eigenvalue weighted by Gasteiger charge is -2.12. The molecule has 0 amide bonds. The second kappa shape index (κ2) is 5.85. The summed E-state index contributed by atoms with van der Waals surface area (Å²) in [6.07, 6.45) is 0. The smallest absolute Gasteiger partial charge is 0.134 e. The molecule has 0 bridgehead atoms. The van der Waals surface area contributed by atoms with Gasteiger partial charge in [0.2, 0.25) is 0 Å². The van der Waals surface area contributed by atoms with E-state index in [1.165, 1.54) is 5.56 Å². The molecule has 0 heterocycles. The summed E-state index contributed by atoms with van der Waals surface area (Å²) in [7, 11) is 1.66. The second-order valence-electron chi connectivity index (χ2n) is 4.34. The first-order valence-electron chi connectivity index (χ1n) is 5.96.